The Morgan fingerprint density at radius 3 is 2.89 bits per heavy atom. The molecule has 0 saturated carbocycles. The van der Waals surface area contributed by atoms with Crippen LogP contribution in [-0.4, -0.2) is 24.5 Å². The maximum atomic E-state index is 8.54. The van der Waals surface area contributed by atoms with Crippen LogP contribution in [0.25, 0.3) is 0 Å². The molecule has 1 heterocycles. The van der Waals surface area contributed by atoms with Gasteiger partial charge in [0.2, 0.25) is 0 Å². The van der Waals surface area contributed by atoms with Gasteiger partial charge in [-0.2, -0.15) is 5.26 Å². The molecule has 2 nitrogen and oxygen atoms in total. The number of likely N-dealkylation sites (N-methyl/N-ethyl adjacent to an activating group) is 1. The molecule has 0 fully saturated rings. The summed E-state index contributed by atoms with van der Waals surface area (Å²) in [4.78, 5) is 2.04. The molecule has 1 atom stereocenters. The average molecular weight is 122 g/mol. The fourth-order valence-electron chi connectivity index (χ4n) is 0.924. The molecule has 9 heavy (non-hydrogen) atoms. The lowest BCUT2D eigenvalue weighted by molar-refractivity contribution is 0.307. The Morgan fingerprint density at radius 2 is 2.44 bits per heavy atom. The summed E-state index contributed by atoms with van der Waals surface area (Å²) in [7, 11) is 1.97. The van der Waals surface area contributed by atoms with Crippen LogP contribution in [0.5, 0.6) is 0 Å². The molecule has 1 rings (SSSR count). The zero-order valence-corrected chi connectivity index (χ0v) is 5.54. The zero-order chi connectivity index (χ0) is 6.69. The quantitative estimate of drug-likeness (QED) is 0.444. The summed E-state index contributed by atoms with van der Waals surface area (Å²) in [6.07, 6.45) is 5.04. The van der Waals surface area contributed by atoms with E-state index in [2.05, 4.69) is 18.2 Å². The molecule has 0 bridgehead atoms. The second-order valence-electron chi connectivity index (χ2n) is 2.29. The summed E-state index contributed by atoms with van der Waals surface area (Å²) < 4.78 is 0. The number of nitrogens with zero attached hydrogens (tertiary/aromatic N) is 2. The lowest BCUT2D eigenvalue weighted by Crippen LogP contribution is -2.32. The van der Waals surface area contributed by atoms with Gasteiger partial charge in [-0.1, -0.05) is 12.2 Å². The van der Waals surface area contributed by atoms with Gasteiger partial charge in [0.25, 0.3) is 0 Å². The highest BCUT2D eigenvalue weighted by atomic mass is 15.1. The van der Waals surface area contributed by atoms with Crippen molar-refractivity contribution in [2.24, 2.45) is 0 Å². The van der Waals surface area contributed by atoms with Gasteiger partial charge >= 0.3 is 0 Å². The lowest BCUT2D eigenvalue weighted by Gasteiger charge is -2.22. The second-order valence-corrected chi connectivity index (χ2v) is 2.29. The van der Waals surface area contributed by atoms with Crippen molar-refractivity contribution >= 4 is 0 Å². The van der Waals surface area contributed by atoms with Crippen LogP contribution in [0, 0.1) is 11.3 Å². The van der Waals surface area contributed by atoms with Crippen LogP contribution >= 0.6 is 0 Å². The first-order valence-electron chi connectivity index (χ1n) is 3.09. The normalized spacial score (nSPS) is 27.8. The molecule has 0 saturated heterocycles. The summed E-state index contributed by atoms with van der Waals surface area (Å²) in [6.45, 7) is 0.915. The molecule has 1 aliphatic heterocycles. The van der Waals surface area contributed by atoms with Crippen LogP contribution < -0.4 is 0 Å². The van der Waals surface area contributed by atoms with E-state index in [1.807, 2.05) is 11.9 Å². The van der Waals surface area contributed by atoms with Gasteiger partial charge < -0.3 is 0 Å². The van der Waals surface area contributed by atoms with Gasteiger partial charge in [0.15, 0.2) is 0 Å². The van der Waals surface area contributed by atoms with Crippen molar-refractivity contribution in [3.05, 3.63) is 12.2 Å². The number of hydrogen-bond donors (Lipinski definition) is 0. The predicted molar refractivity (Wildman–Crippen MR) is 35.8 cm³/mol. The second kappa shape index (κ2) is 2.65. The van der Waals surface area contributed by atoms with Gasteiger partial charge in [-0.25, -0.2) is 0 Å². The highest BCUT2D eigenvalue weighted by Gasteiger charge is 2.12. The van der Waals surface area contributed by atoms with E-state index in [0.29, 0.717) is 0 Å². The van der Waals surface area contributed by atoms with Gasteiger partial charge in [0, 0.05) is 6.54 Å². The van der Waals surface area contributed by atoms with Crippen LogP contribution in [0.2, 0.25) is 0 Å². The van der Waals surface area contributed by atoms with Gasteiger partial charge in [0.05, 0.1) is 6.07 Å². The van der Waals surface area contributed by atoms with E-state index in [9.17, 15) is 0 Å². The first kappa shape index (κ1) is 6.31. The fraction of sp³-hybridized carbons (Fsp3) is 0.571. The minimum Gasteiger partial charge on any atom is -0.287 e. The molecule has 0 amide bonds. The summed E-state index contributed by atoms with van der Waals surface area (Å²) in [5.41, 5.74) is 0. The molecule has 0 aliphatic carbocycles. The molecule has 0 spiro atoms. The molecule has 0 radical (unpaired) electrons. The van der Waals surface area contributed by atoms with Crippen molar-refractivity contribution in [3.63, 3.8) is 0 Å². The van der Waals surface area contributed by atoms with Crippen molar-refractivity contribution in [2.75, 3.05) is 13.6 Å². The molecule has 1 aliphatic rings. The van der Waals surface area contributed by atoms with Crippen LogP contribution in [0.3, 0.4) is 0 Å². The third-order valence-electron chi connectivity index (χ3n) is 1.60. The van der Waals surface area contributed by atoms with Crippen molar-refractivity contribution in [3.8, 4) is 6.07 Å². The molecule has 0 unspecified atom stereocenters. The Morgan fingerprint density at radius 1 is 1.67 bits per heavy atom. The monoisotopic (exact) mass is 122 g/mol. The van der Waals surface area contributed by atoms with Crippen molar-refractivity contribution in [1.29, 1.82) is 5.26 Å². The van der Waals surface area contributed by atoms with E-state index < -0.39 is 0 Å². The summed E-state index contributed by atoms with van der Waals surface area (Å²) in [5.74, 6) is 0. The van der Waals surface area contributed by atoms with Gasteiger partial charge in [-0.05, 0) is 13.5 Å². The average Bonchev–Trinajstić information content (AvgIpc) is 1.89. The standard InChI is InChI=1S/C7H10N2/c1-9-5-3-2-4-7(9)6-8/h2-3,7H,4-5H2,1H3/t7-/m1/s1. The molecule has 0 aromatic rings. The van der Waals surface area contributed by atoms with Gasteiger partial charge in [-0.3, -0.25) is 4.90 Å². The van der Waals surface area contributed by atoms with E-state index in [4.69, 9.17) is 5.26 Å². The first-order valence-corrected chi connectivity index (χ1v) is 3.09. The summed E-state index contributed by atoms with van der Waals surface area (Å²) >= 11 is 0. The fourth-order valence-corrected chi connectivity index (χ4v) is 0.924. The Kier molecular flexibility index (Phi) is 1.86. The highest BCUT2D eigenvalue weighted by Crippen LogP contribution is 2.06. The van der Waals surface area contributed by atoms with Crippen molar-refractivity contribution < 1.29 is 0 Å². The Bertz CT molecular complexity index is 155. The largest absolute Gasteiger partial charge is 0.287 e. The van der Waals surface area contributed by atoms with Crippen LogP contribution in [0.4, 0.5) is 0 Å². The van der Waals surface area contributed by atoms with E-state index >= 15 is 0 Å². The SMILES string of the molecule is CN1CC=CC[C@@H]1C#N. The smallest absolute Gasteiger partial charge is 0.101 e. The molecule has 0 aromatic carbocycles. The van der Waals surface area contributed by atoms with Crippen molar-refractivity contribution in [1.82, 2.24) is 4.90 Å². The Hall–Kier alpha value is -0.810. The van der Waals surface area contributed by atoms with Crippen molar-refractivity contribution in [2.45, 2.75) is 12.5 Å². The molecule has 0 aromatic heterocycles. The predicted octanol–water partition coefficient (Wildman–Crippen LogP) is 0.770. The minimum absolute atomic E-state index is 0.106. The number of rotatable bonds is 0. The third-order valence-corrected chi connectivity index (χ3v) is 1.60. The topological polar surface area (TPSA) is 27.0 Å². The molecule has 2 heteroatoms. The minimum atomic E-state index is 0.106. The van der Waals surface area contributed by atoms with E-state index in [1.54, 1.807) is 0 Å². The van der Waals surface area contributed by atoms with Crippen LogP contribution in [0.1, 0.15) is 6.42 Å². The van der Waals surface area contributed by atoms with E-state index in [1.165, 1.54) is 0 Å². The van der Waals surface area contributed by atoms with Crippen LogP contribution in [0.15, 0.2) is 12.2 Å². The van der Waals surface area contributed by atoms with E-state index in [0.717, 1.165) is 13.0 Å². The molecule has 0 N–H and O–H groups in total. The lowest BCUT2D eigenvalue weighted by atomic mass is 10.1. The molecular formula is C7H10N2. The Balaban J connectivity index is 2.55. The van der Waals surface area contributed by atoms with Crippen LogP contribution in [-0.2, 0) is 0 Å². The highest BCUT2D eigenvalue weighted by molar-refractivity contribution is 5.03. The number of nitriles is 1. The molecule has 48 valence electrons. The molecular weight excluding hydrogens is 112 g/mol. The maximum absolute atomic E-state index is 8.54. The first-order chi connectivity index (χ1) is 4.34. The summed E-state index contributed by atoms with van der Waals surface area (Å²) in [6, 6.07) is 2.33. The zero-order valence-electron chi connectivity index (χ0n) is 5.54. The van der Waals surface area contributed by atoms with Gasteiger partial charge in [-0.15, -0.1) is 0 Å². The number of hydrogen-bond acceptors (Lipinski definition) is 2. The van der Waals surface area contributed by atoms with E-state index in [-0.39, 0.29) is 6.04 Å². The third kappa shape index (κ3) is 1.30. The maximum Gasteiger partial charge on any atom is 0.101 e. The van der Waals surface area contributed by atoms with Gasteiger partial charge in [0.1, 0.15) is 6.04 Å². The summed E-state index contributed by atoms with van der Waals surface area (Å²) in [5, 5.41) is 8.54. The Labute approximate surface area is 55.4 Å².